The summed E-state index contributed by atoms with van der Waals surface area (Å²) in [6.07, 6.45) is 1.65. The predicted molar refractivity (Wildman–Crippen MR) is 93.0 cm³/mol. The molecule has 2 rings (SSSR count). The van der Waals surface area contributed by atoms with Gasteiger partial charge >= 0.3 is 5.69 Å². The first-order valence-electron chi connectivity index (χ1n) is 7.42. The minimum Gasteiger partial charge on any atom is -0.494 e. The SMILES string of the molecule is C=CCNc1nc(C)c([N+](=O)[O-])c(Nc2ccc(OCC)cc2)n1. The zero-order valence-corrected chi connectivity index (χ0v) is 13.6. The van der Waals surface area contributed by atoms with Crippen molar-refractivity contribution < 1.29 is 9.66 Å². The minimum absolute atomic E-state index is 0.128. The molecule has 0 aliphatic heterocycles. The highest BCUT2D eigenvalue weighted by Gasteiger charge is 2.22. The van der Waals surface area contributed by atoms with E-state index in [2.05, 4.69) is 27.2 Å². The van der Waals surface area contributed by atoms with Crippen LogP contribution in [0.1, 0.15) is 12.6 Å². The first-order valence-corrected chi connectivity index (χ1v) is 7.42. The predicted octanol–water partition coefficient (Wildman–Crippen LogP) is 3.43. The molecule has 0 saturated carbocycles. The summed E-state index contributed by atoms with van der Waals surface area (Å²) in [5.74, 6) is 1.15. The number of nitrogens with one attached hydrogen (secondary N) is 2. The molecule has 0 bridgehead atoms. The molecule has 8 nitrogen and oxygen atoms in total. The quantitative estimate of drug-likeness (QED) is 0.434. The molecule has 0 spiro atoms. The fourth-order valence-electron chi connectivity index (χ4n) is 2.05. The number of nitrogens with zero attached hydrogens (tertiary/aromatic N) is 3. The van der Waals surface area contributed by atoms with E-state index in [4.69, 9.17) is 4.74 Å². The van der Waals surface area contributed by atoms with E-state index in [1.807, 2.05) is 6.92 Å². The van der Waals surface area contributed by atoms with Crippen LogP contribution in [0.25, 0.3) is 0 Å². The van der Waals surface area contributed by atoms with Gasteiger partial charge in [-0.15, -0.1) is 6.58 Å². The lowest BCUT2D eigenvalue weighted by molar-refractivity contribution is -0.385. The second kappa shape index (κ2) is 7.91. The summed E-state index contributed by atoms with van der Waals surface area (Å²) >= 11 is 0. The van der Waals surface area contributed by atoms with Crippen molar-refractivity contribution in [3.63, 3.8) is 0 Å². The standard InChI is InChI=1S/C16H19N5O3/c1-4-10-17-16-18-11(3)14(21(22)23)15(20-16)19-12-6-8-13(9-7-12)24-5-2/h4,6-9H,1,5,10H2,2-3H3,(H2,17,18,19,20). The summed E-state index contributed by atoms with van der Waals surface area (Å²) in [4.78, 5) is 19.1. The van der Waals surface area contributed by atoms with Gasteiger partial charge in [0.25, 0.3) is 0 Å². The van der Waals surface area contributed by atoms with Gasteiger partial charge < -0.3 is 15.4 Å². The second-order valence-corrected chi connectivity index (χ2v) is 4.84. The van der Waals surface area contributed by atoms with Crippen LogP contribution < -0.4 is 15.4 Å². The van der Waals surface area contributed by atoms with Gasteiger partial charge in [-0.05, 0) is 38.1 Å². The Hall–Kier alpha value is -3.16. The average Bonchev–Trinajstić information content (AvgIpc) is 2.54. The molecule has 0 aliphatic rings. The Kier molecular flexibility index (Phi) is 5.67. The van der Waals surface area contributed by atoms with E-state index >= 15 is 0 Å². The molecule has 126 valence electrons. The second-order valence-electron chi connectivity index (χ2n) is 4.84. The van der Waals surface area contributed by atoms with Gasteiger partial charge in [0, 0.05) is 12.2 Å². The summed E-state index contributed by atoms with van der Waals surface area (Å²) in [5.41, 5.74) is 0.775. The van der Waals surface area contributed by atoms with Gasteiger partial charge in [0.15, 0.2) is 0 Å². The normalized spacial score (nSPS) is 10.1. The molecule has 24 heavy (non-hydrogen) atoms. The van der Waals surface area contributed by atoms with Crippen molar-refractivity contribution in [3.05, 3.63) is 52.7 Å². The maximum atomic E-state index is 11.3. The zero-order valence-electron chi connectivity index (χ0n) is 13.6. The first kappa shape index (κ1) is 17.2. The molecule has 0 atom stereocenters. The van der Waals surface area contributed by atoms with Gasteiger partial charge in [0.05, 0.1) is 11.5 Å². The maximum absolute atomic E-state index is 11.3. The minimum atomic E-state index is -0.497. The highest BCUT2D eigenvalue weighted by molar-refractivity contribution is 5.68. The smallest absolute Gasteiger partial charge is 0.332 e. The van der Waals surface area contributed by atoms with Crippen molar-refractivity contribution in [2.24, 2.45) is 0 Å². The topological polar surface area (TPSA) is 102 Å². The summed E-state index contributed by atoms with van der Waals surface area (Å²) in [7, 11) is 0. The molecule has 1 aromatic carbocycles. The van der Waals surface area contributed by atoms with Gasteiger partial charge in [-0.1, -0.05) is 6.08 Å². The van der Waals surface area contributed by atoms with E-state index in [-0.39, 0.29) is 17.2 Å². The maximum Gasteiger partial charge on any atom is 0.332 e. The van der Waals surface area contributed by atoms with E-state index in [1.54, 1.807) is 37.3 Å². The van der Waals surface area contributed by atoms with Crippen LogP contribution in [0.15, 0.2) is 36.9 Å². The van der Waals surface area contributed by atoms with Crippen molar-refractivity contribution in [2.75, 3.05) is 23.8 Å². The van der Waals surface area contributed by atoms with Crippen LogP contribution in [0, 0.1) is 17.0 Å². The lowest BCUT2D eigenvalue weighted by Gasteiger charge is -2.11. The van der Waals surface area contributed by atoms with Crippen LogP contribution in [0.5, 0.6) is 5.75 Å². The van der Waals surface area contributed by atoms with Crippen LogP contribution in [0.4, 0.5) is 23.1 Å². The Bertz CT molecular complexity index is 731. The van der Waals surface area contributed by atoms with E-state index in [0.29, 0.717) is 24.8 Å². The molecule has 0 radical (unpaired) electrons. The van der Waals surface area contributed by atoms with Crippen molar-refractivity contribution in [1.29, 1.82) is 0 Å². The number of aryl methyl sites for hydroxylation is 1. The zero-order chi connectivity index (χ0) is 17.5. The monoisotopic (exact) mass is 329 g/mol. The highest BCUT2D eigenvalue weighted by Crippen LogP contribution is 2.29. The number of nitro groups is 1. The molecule has 1 aromatic heterocycles. The third-order valence-electron chi connectivity index (χ3n) is 3.07. The molecule has 0 saturated heterocycles. The van der Waals surface area contributed by atoms with Crippen LogP contribution in [0.3, 0.4) is 0 Å². The van der Waals surface area contributed by atoms with Gasteiger partial charge in [-0.3, -0.25) is 10.1 Å². The Labute approximate surface area is 139 Å². The van der Waals surface area contributed by atoms with Crippen LogP contribution in [-0.2, 0) is 0 Å². The van der Waals surface area contributed by atoms with E-state index < -0.39 is 4.92 Å². The first-order chi connectivity index (χ1) is 11.5. The highest BCUT2D eigenvalue weighted by atomic mass is 16.6. The Balaban J connectivity index is 2.33. The van der Waals surface area contributed by atoms with Gasteiger partial charge in [0.2, 0.25) is 11.8 Å². The number of rotatable bonds is 8. The molecule has 1 heterocycles. The number of aromatic nitrogens is 2. The van der Waals surface area contributed by atoms with Crippen molar-refractivity contribution in [3.8, 4) is 5.75 Å². The van der Waals surface area contributed by atoms with Crippen molar-refractivity contribution in [1.82, 2.24) is 9.97 Å². The van der Waals surface area contributed by atoms with Gasteiger partial charge in [-0.25, -0.2) is 4.98 Å². The Morgan fingerprint density at radius 1 is 1.33 bits per heavy atom. The van der Waals surface area contributed by atoms with E-state index in [1.165, 1.54) is 0 Å². The van der Waals surface area contributed by atoms with Crippen molar-refractivity contribution in [2.45, 2.75) is 13.8 Å². The van der Waals surface area contributed by atoms with Crippen LogP contribution in [-0.4, -0.2) is 28.0 Å². The number of benzene rings is 1. The molecule has 0 unspecified atom stereocenters. The molecule has 2 aromatic rings. The van der Waals surface area contributed by atoms with Gasteiger partial charge in [-0.2, -0.15) is 4.98 Å². The third-order valence-corrected chi connectivity index (χ3v) is 3.07. The summed E-state index contributed by atoms with van der Waals surface area (Å²) in [5, 5.41) is 17.2. The molecule has 2 N–H and O–H groups in total. The Morgan fingerprint density at radius 3 is 2.62 bits per heavy atom. The molecular formula is C16H19N5O3. The largest absolute Gasteiger partial charge is 0.494 e. The number of anilines is 3. The lowest BCUT2D eigenvalue weighted by atomic mass is 10.3. The molecule has 8 heteroatoms. The average molecular weight is 329 g/mol. The van der Waals surface area contributed by atoms with Crippen LogP contribution in [0.2, 0.25) is 0 Å². The number of hydrogen-bond donors (Lipinski definition) is 2. The Morgan fingerprint density at radius 2 is 2.04 bits per heavy atom. The fraction of sp³-hybridized carbons (Fsp3) is 0.250. The number of ether oxygens (including phenoxy) is 1. The summed E-state index contributed by atoms with van der Waals surface area (Å²) in [6, 6.07) is 7.09. The summed E-state index contributed by atoms with van der Waals surface area (Å²) < 4.78 is 5.37. The van der Waals surface area contributed by atoms with E-state index in [9.17, 15) is 10.1 Å². The van der Waals surface area contributed by atoms with Crippen LogP contribution >= 0.6 is 0 Å². The summed E-state index contributed by atoms with van der Waals surface area (Å²) in [6.45, 7) is 8.10. The van der Waals surface area contributed by atoms with E-state index in [0.717, 1.165) is 5.75 Å². The fourth-order valence-corrected chi connectivity index (χ4v) is 2.05. The molecule has 0 amide bonds. The molecular weight excluding hydrogens is 310 g/mol. The molecule has 0 fully saturated rings. The number of hydrogen-bond acceptors (Lipinski definition) is 7. The van der Waals surface area contributed by atoms with Crippen molar-refractivity contribution >= 4 is 23.1 Å². The molecule has 0 aliphatic carbocycles. The third kappa shape index (κ3) is 4.19. The lowest BCUT2D eigenvalue weighted by Crippen LogP contribution is -2.09. The van der Waals surface area contributed by atoms with Gasteiger partial charge in [0.1, 0.15) is 11.4 Å².